The smallest absolute Gasteiger partial charge is 0.244 e. The molecule has 3 rings (SSSR count). The van der Waals surface area contributed by atoms with E-state index in [4.69, 9.17) is 4.74 Å². The number of aromatic nitrogens is 2. The number of ether oxygens (including phenoxy) is 1. The molecule has 26 heavy (non-hydrogen) atoms. The summed E-state index contributed by atoms with van der Waals surface area (Å²) < 4.78 is 20.8. The third kappa shape index (κ3) is 4.41. The second-order valence-electron chi connectivity index (χ2n) is 6.40. The fraction of sp³-hybridized carbons (Fsp3) is 0.444. The molecule has 8 heteroatoms. The van der Waals surface area contributed by atoms with Gasteiger partial charge in [0, 0.05) is 25.4 Å². The van der Waals surface area contributed by atoms with Crippen LogP contribution in [0.4, 0.5) is 4.39 Å². The molecule has 1 amide bonds. The number of morpholine rings is 1. The van der Waals surface area contributed by atoms with Gasteiger partial charge in [-0.05, 0) is 31.7 Å². The summed E-state index contributed by atoms with van der Waals surface area (Å²) in [6.07, 6.45) is 3.17. The van der Waals surface area contributed by atoms with E-state index in [1.165, 1.54) is 12.1 Å². The van der Waals surface area contributed by atoms with Gasteiger partial charge in [-0.2, -0.15) is 5.10 Å². The molecular formula is C18H24ClFN4O2. The van der Waals surface area contributed by atoms with Gasteiger partial charge in [0.1, 0.15) is 18.0 Å². The molecule has 3 unspecified atom stereocenters. The first-order valence-corrected chi connectivity index (χ1v) is 8.33. The molecule has 1 aliphatic rings. The summed E-state index contributed by atoms with van der Waals surface area (Å²) in [6, 6.07) is 5.79. The zero-order valence-corrected chi connectivity index (χ0v) is 15.9. The fourth-order valence-electron chi connectivity index (χ4n) is 3.20. The number of carbonyl (C=O) groups is 1. The predicted octanol–water partition coefficient (Wildman–Crippen LogP) is 2.23. The van der Waals surface area contributed by atoms with Crippen LogP contribution < -0.4 is 5.32 Å². The highest BCUT2D eigenvalue weighted by atomic mass is 35.5. The van der Waals surface area contributed by atoms with E-state index < -0.39 is 6.04 Å². The van der Waals surface area contributed by atoms with Crippen molar-refractivity contribution in [3.8, 4) is 0 Å². The van der Waals surface area contributed by atoms with Gasteiger partial charge >= 0.3 is 0 Å². The van der Waals surface area contributed by atoms with E-state index in [0.717, 1.165) is 11.1 Å². The maximum absolute atomic E-state index is 13.2. The summed E-state index contributed by atoms with van der Waals surface area (Å²) >= 11 is 0. The molecule has 2 heterocycles. The second kappa shape index (κ2) is 8.62. The number of hydrogen-bond acceptors (Lipinski definition) is 4. The van der Waals surface area contributed by atoms with Gasteiger partial charge in [-0.15, -0.1) is 12.4 Å². The standard InChI is InChI=1S/C18H23FN4O2.ClH/c1-12-9-23(11-16(25-12)13-4-6-15(19)7-5-13)18(24)17(20-2)14-8-21-22(3)10-14;/h4-8,10,12,16-17,20H,9,11H2,1-3H3;1H. The molecule has 2 aromatic rings. The molecule has 1 aliphatic heterocycles. The Morgan fingerprint density at radius 1 is 1.35 bits per heavy atom. The lowest BCUT2D eigenvalue weighted by atomic mass is 10.0. The molecule has 6 nitrogen and oxygen atoms in total. The summed E-state index contributed by atoms with van der Waals surface area (Å²) in [5.74, 6) is -0.301. The molecule has 3 atom stereocenters. The van der Waals surface area contributed by atoms with E-state index in [-0.39, 0.29) is 36.3 Å². The minimum atomic E-state index is -0.451. The van der Waals surface area contributed by atoms with Crippen LogP contribution in [-0.2, 0) is 16.6 Å². The first kappa shape index (κ1) is 20.4. The Kier molecular flexibility index (Phi) is 6.75. The zero-order valence-electron chi connectivity index (χ0n) is 15.1. The largest absolute Gasteiger partial charge is 0.367 e. The molecule has 0 spiro atoms. The van der Waals surface area contributed by atoms with E-state index in [2.05, 4.69) is 10.4 Å². The van der Waals surface area contributed by atoms with Crippen molar-refractivity contribution in [1.29, 1.82) is 0 Å². The molecule has 1 N–H and O–H groups in total. The maximum atomic E-state index is 13.2. The number of halogens is 2. The van der Waals surface area contributed by atoms with Crippen molar-refractivity contribution in [2.45, 2.75) is 25.2 Å². The number of rotatable bonds is 4. The summed E-state index contributed by atoms with van der Waals surface area (Å²) in [7, 11) is 3.58. The second-order valence-corrected chi connectivity index (χ2v) is 6.40. The summed E-state index contributed by atoms with van der Waals surface area (Å²) in [6.45, 7) is 2.90. The molecule has 142 valence electrons. The van der Waals surface area contributed by atoms with Crippen LogP contribution in [0.15, 0.2) is 36.7 Å². The number of amides is 1. The number of likely N-dealkylation sites (N-methyl/N-ethyl adjacent to an activating group) is 1. The van der Waals surface area contributed by atoms with Gasteiger partial charge in [0.15, 0.2) is 0 Å². The van der Waals surface area contributed by atoms with E-state index in [0.29, 0.717) is 13.1 Å². The molecule has 0 saturated carbocycles. The van der Waals surface area contributed by atoms with Gasteiger partial charge in [0.05, 0.1) is 18.8 Å². The topological polar surface area (TPSA) is 59.4 Å². The zero-order chi connectivity index (χ0) is 18.0. The third-order valence-corrected chi connectivity index (χ3v) is 4.41. The normalized spacial score (nSPS) is 21.2. The molecule has 1 aromatic carbocycles. The number of nitrogens with zero attached hydrogens (tertiary/aromatic N) is 3. The number of hydrogen-bond donors (Lipinski definition) is 1. The van der Waals surface area contributed by atoms with Crippen molar-refractivity contribution in [1.82, 2.24) is 20.0 Å². The number of carbonyl (C=O) groups excluding carboxylic acids is 1. The van der Waals surface area contributed by atoms with Crippen molar-refractivity contribution in [2.24, 2.45) is 7.05 Å². The average Bonchev–Trinajstić information content (AvgIpc) is 3.01. The van der Waals surface area contributed by atoms with E-state index >= 15 is 0 Å². The number of nitrogens with one attached hydrogen (secondary N) is 1. The number of aryl methyl sites for hydroxylation is 1. The Labute approximate surface area is 158 Å². The van der Waals surface area contributed by atoms with Crippen LogP contribution in [-0.4, -0.2) is 46.8 Å². The Hall–Kier alpha value is -1.96. The Morgan fingerprint density at radius 2 is 2.04 bits per heavy atom. The van der Waals surface area contributed by atoms with Gasteiger partial charge in [-0.25, -0.2) is 4.39 Å². The van der Waals surface area contributed by atoms with Crippen molar-refractivity contribution >= 4 is 18.3 Å². The molecule has 1 saturated heterocycles. The van der Waals surface area contributed by atoms with Crippen molar-refractivity contribution in [2.75, 3.05) is 20.1 Å². The Balaban J connectivity index is 0.00000243. The highest BCUT2D eigenvalue weighted by Gasteiger charge is 2.33. The maximum Gasteiger partial charge on any atom is 0.244 e. The minimum absolute atomic E-state index is 0. The third-order valence-electron chi connectivity index (χ3n) is 4.41. The molecule has 0 bridgehead atoms. The SMILES string of the molecule is CNC(C(=O)N1CC(C)OC(c2ccc(F)cc2)C1)c1cnn(C)c1.Cl. The first-order chi connectivity index (χ1) is 12.0. The van der Waals surface area contributed by atoms with Gasteiger partial charge in [0.25, 0.3) is 0 Å². The summed E-state index contributed by atoms with van der Waals surface area (Å²) in [5, 5.41) is 7.22. The average molecular weight is 383 g/mol. The minimum Gasteiger partial charge on any atom is -0.367 e. The lowest BCUT2D eigenvalue weighted by molar-refractivity contribution is -0.147. The molecular weight excluding hydrogens is 359 g/mol. The fourth-order valence-corrected chi connectivity index (χ4v) is 3.20. The van der Waals surface area contributed by atoms with Crippen LogP contribution in [0.25, 0.3) is 0 Å². The lowest BCUT2D eigenvalue weighted by Gasteiger charge is -2.38. The van der Waals surface area contributed by atoms with E-state index in [9.17, 15) is 9.18 Å². The predicted molar refractivity (Wildman–Crippen MR) is 98.5 cm³/mol. The van der Waals surface area contributed by atoms with Crippen LogP contribution >= 0.6 is 12.4 Å². The van der Waals surface area contributed by atoms with Gasteiger partial charge in [0.2, 0.25) is 5.91 Å². The van der Waals surface area contributed by atoms with E-state index in [1.807, 2.05) is 20.2 Å². The van der Waals surface area contributed by atoms with Crippen molar-refractivity contribution in [3.63, 3.8) is 0 Å². The highest BCUT2D eigenvalue weighted by Crippen LogP contribution is 2.27. The molecule has 0 aliphatic carbocycles. The molecule has 0 radical (unpaired) electrons. The van der Waals surface area contributed by atoms with E-state index in [1.54, 1.807) is 35.0 Å². The quantitative estimate of drug-likeness (QED) is 0.881. The lowest BCUT2D eigenvalue weighted by Crippen LogP contribution is -2.49. The Bertz CT molecular complexity index is 737. The molecule has 1 fully saturated rings. The molecule has 1 aromatic heterocycles. The van der Waals surface area contributed by atoms with Gasteiger partial charge < -0.3 is 15.0 Å². The van der Waals surface area contributed by atoms with Crippen LogP contribution in [0.3, 0.4) is 0 Å². The van der Waals surface area contributed by atoms with Crippen LogP contribution in [0.1, 0.15) is 30.2 Å². The van der Waals surface area contributed by atoms with Gasteiger partial charge in [-0.3, -0.25) is 9.48 Å². The van der Waals surface area contributed by atoms with Crippen molar-refractivity contribution in [3.05, 3.63) is 53.6 Å². The first-order valence-electron chi connectivity index (χ1n) is 8.33. The van der Waals surface area contributed by atoms with Crippen LogP contribution in [0.5, 0.6) is 0 Å². The summed E-state index contributed by atoms with van der Waals surface area (Å²) in [5.41, 5.74) is 1.70. The van der Waals surface area contributed by atoms with Gasteiger partial charge in [-0.1, -0.05) is 12.1 Å². The Morgan fingerprint density at radius 3 is 2.62 bits per heavy atom. The summed E-state index contributed by atoms with van der Waals surface area (Å²) in [4.78, 5) is 14.8. The van der Waals surface area contributed by atoms with Crippen LogP contribution in [0.2, 0.25) is 0 Å². The van der Waals surface area contributed by atoms with Crippen molar-refractivity contribution < 1.29 is 13.9 Å². The highest BCUT2D eigenvalue weighted by molar-refractivity contribution is 5.85. The monoisotopic (exact) mass is 382 g/mol. The number of benzene rings is 1. The van der Waals surface area contributed by atoms with Crippen LogP contribution in [0, 0.1) is 5.82 Å².